The molecule has 150 valence electrons. The minimum atomic E-state index is -0.362. The zero-order chi connectivity index (χ0) is 21.1. The summed E-state index contributed by atoms with van der Waals surface area (Å²) < 4.78 is 6.03. The molecule has 5 heteroatoms. The van der Waals surface area contributed by atoms with Crippen molar-refractivity contribution in [3.8, 4) is 22.8 Å². The highest BCUT2D eigenvalue weighted by atomic mass is 16.3. The van der Waals surface area contributed by atoms with Crippen molar-refractivity contribution in [3.63, 3.8) is 0 Å². The second-order valence-corrected chi connectivity index (χ2v) is 7.55. The van der Waals surface area contributed by atoms with Gasteiger partial charge in [0.05, 0.1) is 0 Å². The molecule has 3 aromatic rings. The van der Waals surface area contributed by atoms with Crippen LogP contribution in [0.3, 0.4) is 0 Å². The van der Waals surface area contributed by atoms with E-state index in [1.165, 1.54) is 6.07 Å². The molecule has 0 spiro atoms. The fourth-order valence-electron chi connectivity index (χ4n) is 3.13. The van der Waals surface area contributed by atoms with E-state index in [4.69, 9.17) is 4.42 Å². The summed E-state index contributed by atoms with van der Waals surface area (Å²) in [6.45, 7) is 7.80. The lowest BCUT2D eigenvalue weighted by Crippen LogP contribution is -2.05. The highest BCUT2D eigenvalue weighted by Gasteiger charge is 2.22. The van der Waals surface area contributed by atoms with Crippen LogP contribution in [0.15, 0.2) is 63.1 Å². The zero-order valence-corrected chi connectivity index (χ0v) is 17.1. The maximum atomic E-state index is 12.9. The molecule has 0 aliphatic carbocycles. The predicted octanol–water partition coefficient (Wildman–Crippen LogP) is 5.28. The predicted molar refractivity (Wildman–Crippen MR) is 115 cm³/mol. The van der Waals surface area contributed by atoms with Gasteiger partial charge in [0.2, 0.25) is 0 Å². The van der Waals surface area contributed by atoms with E-state index in [0.717, 1.165) is 11.1 Å². The van der Waals surface area contributed by atoms with E-state index in [-0.39, 0.29) is 27.9 Å². The average molecular weight is 391 g/mol. The number of phenols is 2. The molecule has 0 fully saturated rings. The number of aromatic nitrogens is 1. The van der Waals surface area contributed by atoms with Crippen molar-refractivity contribution >= 4 is 11.0 Å². The number of pyridine rings is 1. The standard InChI is InChI=1S/C24H25NO4/c1-14(2)7-9-17-22(27)18(10-8-15(3)4)24-21(23(17)28)19(26)12-20(29-24)16-6-5-11-25-13-16/h5-8,11-13,27-28H,9-10H2,1-4H3. The zero-order valence-electron chi connectivity index (χ0n) is 17.1. The molecule has 2 aromatic heterocycles. The number of allylic oxidation sites excluding steroid dienone is 4. The first-order valence-electron chi connectivity index (χ1n) is 9.50. The van der Waals surface area contributed by atoms with Crippen LogP contribution < -0.4 is 5.43 Å². The van der Waals surface area contributed by atoms with Crippen LogP contribution in [0.5, 0.6) is 11.5 Å². The van der Waals surface area contributed by atoms with Gasteiger partial charge >= 0.3 is 0 Å². The monoisotopic (exact) mass is 391 g/mol. The quantitative estimate of drug-likeness (QED) is 0.578. The molecular weight excluding hydrogens is 366 g/mol. The molecule has 1 aromatic carbocycles. The SMILES string of the molecule is CC(C)=CCc1c(O)c(CC=C(C)C)c2oc(-c3cccnc3)cc(=O)c2c1O. The van der Waals surface area contributed by atoms with Gasteiger partial charge in [-0.3, -0.25) is 9.78 Å². The van der Waals surface area contributed by atoms with Crippen molar-refractivity contribution in [2.75, 3.05) is 0 Å². The van der Waals surface area contributed by atoms with Crippen LogP contribution in [0.4, 0.5) is 0 Å². The van der Waals surface area contributed by atoms with Gasteiger partial charge < -0.3 is 14.6 Å². The molecule has 5 nitrogen and oxygen atoms in total. The molecule has 0 saturated heterocycles. The number of hydrogen-bond acceptors (Lipinski definition) is 5. The summed E-state index contributed by atoms with van der Waals surface area (Å²) in [6.07, 6.45) is 7.79. The molecule has 2 heterocycles. The third-order valence-corrected chi connectivity index (χ3v) is 4.69. The lowest BCUT2D eigenvalue weighted by molar-refractivity contribution is 0.438. The first-order valence-corrected chi connectivity index (χ1v) is 9.50. The van der Waals surface area contributed by atoms with Gasteiger partial charge in [-0.05, 0) is 52.7 Å². The van der Waals surface area contributed by atoms with Gasteiger partial charge in [-0.1, -0.05) is 23.3 Å². The van der Waals surface area contributed by atoms with Gasteiger partial charge in [-0.25, -0.2) is 0 Å². The topological polar surface area (TPSA) is 83.6 Å². The Balaban J connectivity index is 2.36. The molecule has 0 aliphatic heterocycles. The number of benzene rings is 1. The summed E-state index contributed by atoms with van der Waals surface area (Å²) in [5.74, 6) is 0.0591. The number of phenolic OH excluding ortho intramolecular Hbond substituents is 2. The van der Waals surface area contributed by atoms with Gasteiger partial charge in [0.25, 0.3) is 0 Å². The Bertz CT molecular complexity index is 1160. The normalized spacial score (nSPS) is 10.8. The Labute approximate surface area is 169 Å². The number of hydrogen-bond donors (Lipinski definition) is 2. The molecular formula is C24H25NO4. The molecule has 0 unspecified atom stereocenters. The van der Waals surface area contributed by atoms with Crippen LogP contribution in [0, 0.1) is 0 Å². The molecule has 0 amide bonds. The van der Waals surface area contributed by atoms with Crippen LogP contribution in [0.25, 0.3) is 22.3 Å². The first-order chi connectivity index (χ1) is 13.8. The van der Waals surface area contributed by atoms with Crippen LogP contribution in [0.1, 0.15) is 38.8 Å². The lowest BCUT2D eigenvalue weighted by Gasteiger charge is -2.15. The number of aromatic hydroxyl groups is 2. The van der Waals surface area contributed by atoms with Crippen molar-refractivity contribution in [3.05, 3.63) is 75.2 Å². The third-order valence-electron chi connectivity index (χ3n) is 4.69. The van der Waals surface area contributed by atoms with Crippen molar-refractivity contribution in [1.82, 2.24) is 4.98 Å². The average Bonchev–Trinajstić information content (AvgIpc) is 2.67. The van der Waals surface area contributed by atoms with E-state index in [2.05, 4.69) is 4.98 Å². The second-order valence-electron chi connectivity index (χ2n) is 7.55. The summed E-state index contributed by atoms with van der Waals surface area (Å²) >= 11 is 0. The van der Waals surface area contributed by atoms with E-state index in [0.29, 0.717) is 35.3 Å². The summed E-state index contributed by atoms with van der Waals surface area (Å²) in [5, 5.41) is 21.9. The number of fused-ring (bicyclic) bond motifs is 1. The minimum Gasteiger partial charge on any atom is -0.507 e. The molecule has 0 radical (unpaired) electrons. The van der Waals surface area contributed by atoms with Gasteiger partial charge in [0.15, 0.2) is 5.43 Å². The minimum absolute atomic E-state index is 0.0449. The van der Waals surface area contributed by atoms with Crippen molar-refractivity contribution in [1.29, 1.82) is 0 Å². The largest absolute Gasteiger partial charge is 0.507 e. The van der Waals surface area contributed by atoms with Gasteiger partial charge in [-0.2, -0.15) is 0 Å². The highest BCUT2D eigenvalue weighted by molar-refractivity contribution is 5.91. The number of rotatable bonds is 5. The molecule has 0 atom stereocenters. The van der Waals surface area contributed by atoms with Crippen LogP contribution in [-0.2, 0) is 12.8 Å². The van der Waals surface area contributed by atoms with Crippen molar-refractivity contribution in [2.45, 2.75) is 40.5 Å². The van der Waals surface area contributed by atoms with Crippen molar-refractivity contribution < 1.29 is 14.6 Å². The summed E-state index contributed by atoms with van der Waals surface area (Å²) in [6, 6.07) is 4.89. The smallest absolute Gasteiger partial charge is 0.197 e. The third kappa shape index (κ3) is 4.24. The molecule has 3 rings (SSSR count). The Morgan fingerprint density at radius 1 is 1.03 bits per heavy atom. The Morgan fingerprint density at radius 2 is 1.69 bits per heavy atom. The van der Waals surface area contributed by atoms with E-state index in [1.54, 1.807) is 24.5 Å². The summed E-state index contributed by atoms with van der Waals surface area (Å²) in [4.78, 5) is 17.0. The van der Waals surface area contributed by atoms with Crippen LogP contribution in [0.2, 0.25) is 0 Å². The van der Waals surface area contributed by atoms with E-state index in [1.807, 2.05) is 39.8 Å². The Kier molecular flexibility index (Phi) is 5.87. The van der Waals surface area contributed by atoms with Gasteiger partial charge in [-0.15, -0.1) is 0 Å². The number of nitrogens with zero attached hydrogens (tertiary/aromatic N) is 1. The van der Waals surface area contributed by atoms with Gasteiger partial charge in [0.1, 0.15) is 28.2 Å². The van der Waals surface area contributed by atoms with E-state index < -0.39 is 0 Å². The summed E-state index contributed by atoms with van der Waals surface area (Å²) in [5.41, 5.74) is 3.42. The Hall–Kier alpha value is -3.34. The lowest BCUT2D eigenvalue weighted by atomic mass is 9.96. The highest BCUT2D eigenvalue weighted by Crippen LogP contribution is 2.40. The molecule has 29 heavy (non-hydrogen) atoms. The van der Waals surface area contributed by atoms with Gasteiger partial charge in [0, 0.05) is 35.2 Å². The molecule has 0 aliphatic rings. The summed E-state index contributed by atoms with van der Waals surface area (Å²) in [7, 11) is 0. The van der Waals surface area contributed by atoms with E-state index >= 15 is 0 Å². The maximum Gasteiger partial charge on any atom is 0.197 e. The van der Waals surface area contributed by atoms with Crippen molar-refractivity contribution in [2.24, 2.45) is 0 Å². The first kappa shape index (κ1) is 20.4. The van der Waals surface area contributed by atoms with E-state index in [9.17, 15) is 15.0 Å². The fourth-order valence-corrected chi connectivity index (χ4v) is 3.13. The second kappa shape index (κ2) is 8.35. The Morgan fingerprint density at radius 3 is 2.28 bits per heavy atom. The van der Waals surface area contributed by atoms with Crippen LogP contribution in [-0.4, -0.2) is 15.2 Å². The molecule has 0 saturated carbocycles. The maximum absolute atomic E-state index is 12.9. The van der Waals surface area contributed by atoms with Crippen LogP contribution >= 0.6 is 0 Å². The molecule has 0 bridgehead atoms. The molecule has 2 N–H and O–H groups in total. The fraction of sp³-hybridized carbons (Fsp3) is 0.250.